The summed E-state index contributed by atoms with van der Waals surface area (Å²) in [6.07, 6.45) is 0. The zero-order chi connectivity index (χ0) is 17.0. The van der Waals surface area contributed by atoms with Crippen LogP contribution in [-0.4, -0.2) is 62.9 Å². The van der Waals surface area contributed by atoms with E-state index in [1.54, 1.807) is 4.90 Å². The normalized spacial score (nSPS) is 16.6. The largest absolute Gasteiger partial charge is 0.372 e. The summed E-state index contributed by atoms with van der Waals surface area (Å²) in [5.74, 6) is -0.135. The number of hydrogen-bond acceptors (Lipinski definition) is 4. The summed E-state index contributed by atoms with van der Waals surface area (Å²) in [7, 11) is -3.73. The van der Waals surface area contributed by atoms with Crippen molar-refractivity contribution in [2.75, 3.05) is 39.4 Å². The smallest absolute Gasteiger partial charge is 0.248 e. The van der Waals surface area contributed by atoms with Crippen LogP contribution in [0.3, 0.4) is 0 Å². The fraction of sp³-hybridized carbons (Fsp3) is 0.500. The molecule has 6 nitrogen and oxygen atoms in total. The molecule has 23 heavy (non-hydrogen) atoms. The number of hydrogen-bond donors (Lipinski definition) is 0. The van der Waals surface area contributed by atoms with Crippen LogP contribution >= 0.6 is 23.2 Å². The number of benzene rings is 1. The Morgan fingerprint density at radius 1 is 1.22 bits per heavy atom. The van der Waals surface area contributed by atoms with Gasteiger partial charge in [-0.25, -0.2) is 8.42 Å². The van der Waals surface area contributed by atoms with Crippen LogP contribution in [0, 0.1) is 0 Å². The van der Waals surface area contributed by atoms with Crippen LogP contribution in [0.2, 0.25) is 10.0 Å². The number of sulfonamides is 1. The standard InChI is InChI=1S/C14H18Cl2N2O4S/c1-2-22-10-14(19)17-5-7-18(8-6-17)23(20,21)13-9-11(15)3-4-12(13)16/h3-4,9H,2,5-8,10H2,1H3. The fourth-order valence-electron chi connectivity index (χ4n) is 2.27. The average Bonchev–Trinajstić information content (AvgIpc) is 2.54. The Bertz CT molecular complexity index is 673. The van der Waals surface area contributed by atoms with Gasteiger partial charge in [-0.1, -0.05) is 23.2 Å². The van der Waals surface area contributed by atoms with E-state index in [1.807, 2.05) is 6.92 Å². The summed E-state index contributed by atoms with van der Waals surface area (Å²) in [6.45, 7) is 3.36. The molecule has 1 heterocycles. The van der Waals surface area contributed by atoms with Gasteiger partial charge in [0, 0.05) is 37.8 Å². The molecule has 0 aliphatic carbocycles. The lowest BCUT2D eigenvalue weighted by Crippen LogP contribution is -2.51. The predicted octanol–water partition coefficient (Wildman–Crippen LogP) is 1.86. The van der Waals surface area contributed by atoms with Gasteiger partial charge in [-0.2, -0.15) is 4.31 Å². The van der Waals surface area contributed by atoms with Crippen LogP contribution in [-0.2, 0) is 19.6 Å². The summed E-state index contributed by atoms with van der Waals surface area (Å²) >= 11 is 11.9. The SMILES string of the molecule is CCOCC(=O)N1CCN(S(=O)(=O)c2cc(Cl)ccc2Cl)CC1. The van der Waals surface area contributed by atoms with Crippen LogP contribution < -0.4 is 0 Å². The molecule has 0 bridgehead atoms. The molecule has 1 fully saturated rings. The monoisotopic (exact) mass is 380 g/mol. The summed E-state index contributed by atoms with van der Waals surface area (Å²) in [6, 6.07) is 4.33. The van der Waals surface area contributed by atoms with Crippen LogP contribution in [0.1, 0.15) is 6.92 Å². The topological polar surface area (TPSA) is 66.9 Å². The van der Waals surface area contributed by atoms with E-state index < -0.39 is 10.0 Å². The molecule has 2 rings (SSSR count). The zero-order valence-electron chi connectivity index (χ0n) is 12.7. The van der Waals surface area contributed by atoms with Gasteiger partial charge in [0.15, 0.2) is 0 Å². The number of ether oxygens (including phenoxy) is 1. The lowest BCUT2D eigenvalue weighted by Gasteiger charge is -2.34. The average molecular weight is 381 g/mol. The molecular formula is C14H18Cl2N2O4S. The zero-order valence-corrected chi connectivity index (χ0v) is 15.0. The second-order valence-electron chi connectivity index (χ2n) is 5.00. The van der Waals surface area contributed by atoms with Crippen molar-refractivity contribution in [3.63, 3.8) is 0 Å². The highest BCUT2D eigenvalue weighted by Gasteiger charge is 2.31. The van der Waals surface area contributed by atoms with E-state index in [0.29, 0.717) is 24.7 Å². The molecule has 0 saturated carbocycles. The molecule has 1 aliphatic heterocycles. The molecule has 1 aromatic carbocycles. The van der Waals surface area contributed by atoms with Gasteiger partial charge >= 0.3 is 0 Å². The van der Waals surface area contributed by atoms with Gasteiger partial charge in [-0.3, -0.25) is 4.79 Å². The number of carbonyl (C=O) groups excluding carboxylic acids is 1. The third kappa shape index (κ3) is 4.36. The van der Waals surface area contributed by atoms with E-state index in [9.17, 15) is 13.2 Å². The Balaban J connectivity index is 2.07. The van der Waals surface area contributed by atoms with E-state index in [0.717, 1.165) is 0 Å². The lowest BCUT2D eigenvalue weighted by atomic mass is 10.3. The molecule has 0 unspecified atom stereocenters. The maximum atomic E-state index is 12.7. The minimum atomic E-state index is -3.73. The number of nitrogens with zero attached hydrogens (tertiary/aromatic N) is 2. The van der Waals surface area contributed by atoms with Crippen molar-refractivity contribution in [3.05, 3.63) is 28.2 Å². The van der Waals surface area contributed by atoms with Gasteiger partial charge in [-0.05, 0) is 25.1 Å². The molecule has 1 aliphatic rings. The molecule has 1 aromatic rings. The van der Waals surface area contributed by atoms with Gasteiger partial charge < -0.3 is 9.64 Å². The highest BCUT2D eigenvalue weighted by molar-refractivity contribution is 7.89. The first-order valence-electron chi connectivity index (χ1n) is 7.17. The van der Waals surface area contributed by atoms with Crippen molar-refractivity contribution in [3.8, 4) is 0 Å². The predicted molar refractivity (Wildman–Crippen MR) is 88.3 cm³/mol. The highest BCUT2D eigenvalue weighted by atomic mass is 35.5. The quantitative estimate of drug-likeness (QED) is 0.781. The Morgan fingerprint density at radius 2 is 1.87 bits per heavy atom. The van der Waals surface area contributed by atoms with Gasteiger partial charge in [0.1, 0.15) is 11.5 Å². The minimum Gasteiger partial charge on any atom is -0.372 e. The summed E-state index contributed by atoms with van der Waals surface area (Å²) in [5, 5.41) is 0.433. The fourth-order valence-corrected chi connectivity index (χ4v) is 4.43. The molecule has 0 radical (unpaired) electrons. The van der Waals surface area contributed by atoms with Crippen LogP contribution in [0.5, 0.6) is 0 Å². The number of carbonyl (C=O) groups is 1. The van der Waals surface area contributed by atoms with E-state index in [4.69, 9.17) is 27.9 Å². The lowest BCUT2D eigenvalue weighted by molar-refractivity contribution is -0.137. The van der Waals surface area contributed by atoms with Gasteiger partial charge in [0.2, 0.25) is 15.9 Å². The number of piperazine rings is 1. The third-order valence-electron chi connectivity index (χ3n) is 3.53. The number of rotatable bonds is 5. The maximum Gasteiger partial charge on any atom is 0.248 e. The van der Waals surface area contributed by atoms with E-state index in [2.05, 4.69) is 0 Å². The summed E-state index contributed by atoms with van der Waals surface area (Å²) in [4.78, 5) is 13.5. The van der Waals surface area contributed by atoms with E-state index >= 15 is 0 Å². The molecule has 0 aromatic heterocycles. The third-order valence-corrected chi connectivity index (χ3v) is 6.15. The van der Waals surface area contributed by atoms with Gasteiger partial charge in [0.05, 0.1) is 5.02 Å². The van der Waals surface area contributed by atoms with Gasteiger partial charge in [0.25, 0.3) is 0 Å². The van der Waals surface area contributed by atoms with Crippen molar-refractivity contribution in [1.29, 1.82) is 0 Å². The first kappa shape index (κ1) is 18.5. The van der Waals surface area contributed by atoms with Crippen molar-refractivity contribution in [1.82, 2.24) is 9.21 Å². The molecule has 0 spiro atoms. The van der Waals surface area contributed by atoms with Crippen LogP contribution in [0.25, 0.3) is 0 Å². The summed E-state index contributed by atoms with van der Waals surface area (Å²) in [5.41, 5.74) is 0. The highest BCUT2D eigenvalue weighted by Crippen LogP contribution is 2.28. The Hall–Kier alpha value is -0.860. The number of halogens is 2. The Labute approximate surface area is 146 Å². The van der Waals surface area contributed by atoms with Crippen LogP contribution in [0.15, 0.2) is 23.1 Å². The molecule has 0 atom stereocenters. The van der Waals surface area contributed by atoms with E-state index in [-0.39, 0.29) is 35.5 Å². The summed E-state index contributed by atoms with van der Waals surface area (Å²) < 4.78 is 31.7. The van der Waals surface area contributed by atoms with E-state index in [1.165, 1.54) is 22.5 Å². The second-order valence-corrected chi connectivity index (χ2v) is 7.75. The Kier molecular flexibility index (Phi) is 6.27. The molecule has 1 amide bonds. The maximum absolute atomic E-state index is 12.7. The number of amides is 1. The first-order chi connectivity index (χ1) is 10.9. The van der Waals surface area contributed by atoms with Crippen molar-refractivity contribution < 1.29 is 17.9 Å². The van der Waals surface area contributed by atoms with Crippen molar-refractivity contribution in [2.45, 2.75) is 11.8 Å². The molecule has 1 saturated heterocycles. The minimum absolute atomic E-state index is 0.0132. The second kappa shape index (κ2) is 7.81. The molecule has 9 heteroatoms. The van der Waals surface area contributed by atoms with Crippen molar-refractivity contribution >= 4 is 39.1 Å². The van der Waals surface area contributed by atoms with Crippen molar-refractivity contribution in [2.24, 2.45) is 0 Å². The molecular weight excluding hydrogens is 363 g/mol. The Morgan fingerprint density at radius 3 is 2.48 bits per heavy atom. The molecule has 0 N–H and O–H groups in total. The molecule has 128 valence electrons. The van der Waals surface area contributed by atoms with Crippen LogP contribution in [0.4, 0.5) is 0 Å². The van der Waals surface area contributed by atoms with Gasteiger partial charge in [-0.15, -0.1) is 0 Å². The first-order valence-corrected chi connectivity index (χ1v) is 9.36.